The topological polar surface area (TPSA) is 23.6 Å². The van der Waals surface area contributed by atoms with Gasteiger partial charge in [0.25, 0.3) is 0 Å². The largest absolute Gasteiger partial charge is 0.305 e. The molecule has 3 rings (SSSR count). The van der Waals surface area contributed by atoms with Crippen molar-refractivity contribution in [3.05, 3.63) is 34.9 Å². The summed E-state index contributed by atoms with van der Waals surface area (Å²) in [6.07, 6.45) is 5.85. The normalized spacial score (nSPS) is 24.9. The van der Waals surface area contributed by atoms with Crippen LogP contribution in [0.3, 0.4) is 0 Å². The molecule has 0 saturated carbocycles. The van der Waals surface area contributed by atoms with Crippen LogP contribution >= 0.6 is 0 Å². The summed E-state index contributed by atoms with van der Waals surface area (Å²) in [5.74, 6) is 0. The van der Waals surface area contributed by atoms with Crippen LogP contribution in [-0.2, 0) is 6.42 Å². The number of aryl methyl sites for hydroxylation is 1. The monoisotopic (exact) mass is 272 g/mol. The summed E-state index contributed by atoms with van der Waals surface area (Å²) in [6, 6.07) is 6.83. The average molecular weight is 272 g/mol. The molecule has 1 unspecified atom stereocenters. The standard InChI is InChI=1S/C17H24N2O/c1-18-8-3-9-19(11-10-18)17-5-2-4-15-12-14(13-20)6-7-16(15)17/h6-7,12-13,17H,2-5,8-11H2,1H3. The van der Waals surface area contributed by atoms with Crippen LogP contribution in [0.15, 0.2) is 18.2 Å². The molecule has 3 nitrogen and oxygen atoms in total. The van der Waals surface area contributed by atoms with Gasteiger partial charge < -0.3 is 4.90 Å². The molecule has 1 atom stereocenters. The Morgan fingerprint density at radius 2 is 2.05 bits per heavy atom. The average Bonchev–Trinajstić information content (AvgIpc) is 2.70. The first kappa shape index (κ1) is 13.8. The molecule has 0 radical (unpaired) electrons. The lowest BCUT2D eigenvalue weighted by molar-refractivity contribution is 0.112. The fourth-order valence-electron chi connectivity index (χ4n) is 3.64. The van der Waals surface area contributed by atoms with Crippen LogP contribution in [0.4, 0.5) is 0 Å². The second kappa shape index (κ2) is 6.06. The highest BCUT2D eigenvalue weighted by Crippen LogP contribution is 2.35. The Kier molecular flexibility index (Phi) is 4.18. The minimum absolute atomic E-state index is 0.561. The Labute approximate surface area is 121 Å². The van der Waals surface area contributed by atoms with E-state index in [2.05, 4.69) is 29.0 Å². The van der Waals surface area contributed by atoms with Crippen molar-refractivity contribution in [1.82, 2.24) is 9.80 Å². The summed E-state index contributed by atoms with van der Waals surface area (Å²) in [6.45, 7) is 4.73. The molecule has 1 saturated heterocycles. The third-order valence-corrected chi connectivity index (χ3v) is 4.78. The van der Waals surface area contributed by atoms with Gasteiger partial charge in [0.15, 0.2) is 0 Å². The second-order valence-corrected chi connectivity index (χ2v) is 6.18. The van der Waals surface area contributed by atoms with Gasteiger partial charge in [-0.2, -0.15) is 0 Å². The summed E-state index contributed by atoms with van der Waals surface area (Å²) in [7, 11) is 2.22. The summed E-state index contributed by atoms with van der Waals surface area (Å²) in [5, 5.41) is 0. The zero-order valence-corrected chi connectivity index (χ0v) is 12.3. The van der Waals surface area contributed by atoms with E-state index in [9.17, 15) is 4.79 Å². The minimum atomic E-state index is 0.561. The number of hydrogen-bond acceptors (Lipinski definition) is 3. The Hall–Kier alpha value is -1.19. The van der Waals surface area contributed by atoms with Crippen LogP contribution in [0.1, 0.15) is 46.8 Å². The molecule has 1 fully saturated rings. The minimum Gasteiger partial charge on any atom is -0.305 e. The van der Waals surface area contributed by atoms with Crippen LogP contribution in [0.2, 0.25) is 0 Å². The lowest BCUT2D eigenvalue weighted by atomic mass is 9.85. The van der Waals surface area contributed by atoms with Crippen LogP contribution in [0.25, 0.3) is 0 Å². The van der Waals surface area contributed by atoms with E-state index in [1.165, 1.54) is 43.5 Å². The molecule has 2 aliphatic rings. The molecule has 1 aliphatic heterocycles. The van der Waals surface area contributed by atoms with Crippen molar-refractivity contribution in [2.24, 2.45) is 0 Å². The van der Waals surface area contributed by atoms with E-state index in [0.29, 0.717) is 6.04 Å². The number of rotatable bonds is 2. The van der Waals surface area contributed by atoms with E-state index in [0.717, 1.165) is 31.4 Å². The molecular formula is C17H24N2O. The smallest absolute Gasteiger partial charge is 0.150 e. The number of hydrogen-bond donors (Lipinski definition) is 0. The third-order valence-electron chi connectivity index (χ3n) is 4.78. The molecule has 1 aromatic carbocycles. The van der Waals surface area contributed by atoms with Crippen LogP contribution in [0.5, 0.6) is 0 Å². The van der Waals surface area contributed by atoms with Crippen LogP contribution in [0, 0.1) is 0 Å². The van der Waals surface area contributed by atoms with Gasteiger partial charge in [0.05, 0.1) is 0 Å². The first-order valence-corrected chi connectivity index (χ1v) is 7.78. The Bertz CT molecular complexity index is 486. The predicted molar refractivity (Wildman–Crippen MR) is 81.2 cm³/mol. The molecule has 0 bridgehead atoms. The molecule has 3 heteroatoms. The SMILES string of the molecule is CN1CCCN(C2CCCc3cc(C=O)ccc32)CC1. The van der Waals surface area contributed by atoms with Crippen molar-refractivity contribution >= 4 is 6.29 Å². The van der Waals surface area contributed by atoms with E-state index in [1.54, 1.807) is 0 Å². The highest BCUT2D eigenvalue weighted by molar-refractivity contribution is 5.75. The first-order chi connectivity index (χ1) is 9.78. The maximum atomic E-state index is 10.9. The highest BCUT2D eigenvalue weighted by Gasteiger charge is 2.27. The predicted octanol–water partition coefficient (Wildman–Crippen LogP) is 2.51. The summed E-state index contributed by atoms with van der Waals surface area (Å²) >= 11 is 0. The maximum absolute atomic E-state index is 10.9. The van der Waals surface area contributed by atoms with Crippen molar-refractivity contribution < 1.29 is 4.79 Å². The molecule has 0 spiro atoms. The molecule has 108 valence electrons. The number of nitrogens with zero attached hydrogens (tertiary/aromatic N) is 2. The van der Waals surface area contributed by atoms with Gasteiger partial charge in [0.2, 0.25) is 0 Å². The zero-order valence-electron chi connectivity index (χ0n) is 12.3. The molecule has 0 aromatic heterocycles. The van der Waals surface area contributed by atoms with Crippen molar-refractivity contribution in [3.63, 3.8) is 0 Å². The van der Waals surface area contributed by atoms with Gasteiger partial charge in [0, 0.05) is 31.2 Å². The van der Waals surface area contributed by atoms with E-state index in [4.69, 9.17) is 0 Å². The lowest BCUT2D eigenvalue weighted by Gasteiger charge is -2.35. The van der Waals surface area contributed by atoms with Crippen molar-refractivity contribution in [3.8, 4) is 0 Å². The summed E-state index contributed by atoms with van der Waals surface area (Å²) < 4.78 is 0. The maximum Gasteiger partial charge on any atom is 0.150 e. The zero-order chi connectivity index (χ0) is 13.9. The Balaban J connectivity index is 1.83. The van der Waals surface area contributed by atoms with E-state index in [1.807, 2.05) is 6.07 Å². The fourth-order valence-corrected chi connectivity index (χ4v) is 3.64. The molecule has 1 aliphatic carbocycles. The summed E-state index contributed by atoms with van der Waals surface area (Å²) in [4.78, 5) is 16.0. The number of likely N-dealkylation sites (N-methyl/N-ethyl adjacent to an activating group) is 1. The highest BCUT2D eigenvalue weighted by atomic mass is 16.1. The Morgan fingerprint density at radius 3 is 2.90 bits per heavy atom. The van der Waals surface area contributed by atoms with Crippen LogP contribution in [-0.4, -0.2) is 49.3 Å². The number of fused-ring (bicyclic) bond motifs is 1. The third kappa shape index (κ3) is 2.79. The van der Waals surface area contributed by atoms with E-state index in [-0.39, 0.29) is 0 Å². The summed E-state index contributed by atoms with van der Waals surface area (Å²) in [5.41, 5.74) is 3.68. The van der Waals surface area contributed by atoms with Crippen LogP contribution < -0.4 is 0 Å². The van der Waals surface area contributed by atoms with Gasteiger partial charge in [-0.25, -0.2) is 0 Å². The van der Waals surface area contributed by atoms with Crippen molar-refractivity contribution in [2.75, 3.05) is 33.2 Å². The molecule has 1 heterocycles. The molecule has 1 aromatic rings. The van der Waals surface area contributed by atoms with E-state index >= 15 is 0 Å². The van der Waals surface area contributed by atoms with Gasteiger partial charge >= 0.3 is 0 Å². The van der Waals surface area contributed by atoms with Crippen molar-refractivity contribution in [1.29, 1.82) is 0 Å². The van der Waals surface area contributed by atoms with Gasteiger partial charge in [0.1, 0.15) is 6.29 Å². The molecule has 0 N–H and O–H groups in total. The molecule has 0 amide bonds. The van der Waals surface area contributed by atoms with Gasteiger partial charge in [-0.15, -0.1) is 0 Å². The van der Waals surface area contributed by atoms with Gasteiger partial charge in [-0.3, -0.25) is 9.69 Å². The number of benzene rings is 1. The van der Waals surface area contributed by atoms with E-state index < -0.39 is 0 Å². The molecule has 20 heavy (non-hydrogen) atoms. The number of carbonyl (C=O) groups excluding carboxylic acids is 1. The van der Waals surface area contributed by atoms with Gasteiger partial charge in [-0.05, 0) is 56.5 Å². The second-order valence-electron chi connectivity index (χ2n) is 6.18. The molecular weight excluding hydrogens is 248 g/mol. The number of aldehydes is 1. The van der Waals surface area contributed by atoms with Crippen molar-refractivity contribution in [2.45, 2.75) is 31.7 Å². The van der Waals surface area contributed by atoms with Gasteiger partial charge in [-0.1, -0.05) is 12.1 Å². The quantitative estimate of drug-likeness (QED) is 0.773. The fraction of sp³-hybridized carbons (Fsp3) is 0.588. The number of carbonyl (C=O) groups is 1. The lowest BCUT2D eigenvalue weighted by Crippen LogP contribution is -2.34. The Morgan fingerprint density at radius 1 is 1.15 bits per heavy atom. The first-order valence-electron chi connectivity index (χ1n) is 7.78.